The van der Waals surface area contributed by atoms with E-state index in [0.717, 1.165) is 24.8 Å². The van der Waals surface area contributed by atoms with Gasteiger partial charge in [-0.1, -0.05) is 25.8 Å². The second-order valence-corrected chi connectivity index (χ2v) is 4.98. The molecule has 0 spiro atoms. The van der Waals surface area contributed by atoms with Crippen molar-refractivity contribution < 1.29 is 14.7 Å². The largest absolute Gasteiger partial charge is 0.478 e. The molecule has 1 aromatic carbocycles. The number of aryl methyl sites for hydroxylation is 1. The third-order valence-electron chi connectivity index (χ3n) is 3.10. The molecule has 0 aliphatic rings. The molecule has 1 aromatic rings. The van der Waals surface area contributed by atoms with Gasteiger partial charge in [-0.2, -0.15) is 0 Å². The van der Waals surface area contributed by atoms with E-state index in [1.165, 1.54) is 12.1 Å². The predicted octanol–water partition coefficient (Wildman–Crippen LogP) is 3.39. The van der Waals surface area contributed by atoms with Gasteiger partial charge in [0.2, 0.25) is 0 Å². The van der Waals surface area contributed by atoms with E-state index in [1.54, 1.807) is 6.07 Å². The van der Waals surface area contributed by atoms with Gasteiger partial charge in [0.1, 0.15) is 0 Å². The predicted molar refractivity (Wildman–Crippen MR) is 79.3 cm³/mol. The number of anilines is 1. The van der Waals surface area contributed by atoms with Gasteiger partial charge < -0.3 is 15.7 Å². The summed E-state index contributed by atoms with van der Waals surface area (Å²) in [5.74, 6) is -1.01. The molecular formula is C15H22N2O3. The zero-order valence-electron chi connectivity index (χ0n) is 12.2. The second-order valence-electron chi connectivity index (χ2n) is 4.98. The average molecular weight is 278 g/mol. The van der Waals surface area contributed by atoms with Crippen LogP contribution in [0.2, 0.25) is 0 Å². The van der Waals surface area contributed by atoms with Crippen LogP contribution in [0.25, 0.3) is 0 Å². The van der Waals surface area contributed by atoms with E-state index in [1.807, 2.05) is 13.8 Å². The number of hydrogen-bond acceptors (Lipinski definition) is 2. The number of carbonyl (C=O) groups is 2. The standard InChI is InChI=1S/C15H22N2O3/c1-4-5-6-11(3)16-15(20)17-13-9-12(14(18)19)8-7-10(13)2/h7-9,11H,4-6H2,1-3H3,(H,18,19)(H2,16,17,20). The van der Waals surface area contributed by atoms with Crippen LogP contribution in [0, 0.1) is 6.92 Å². The Hall–Kier alpha value is -2.04. The molecular weight excluding hydrogens is 256 g/mol. The highest BCUT2D eigenvalue weighted by Gasteiger charge is 2.10. The number of nitrogens with one attached hydrogen (secondary N) is 2. The van der Waals surface area contributed by atoms with Crippen molar-refractivity contribution >= 4 is 17.7 Å². The molecule has 3 N–H and O–H groups in total. The van der Waals surface area contributed by atoms with Crippen LogP contribution < -0.4 is 10.6 Å². The number of unbranched alkanes of at least 4 members (excludes halogenated alkanes) is 1. The minimum absolute atomic E-state index is 0.0953. The molecule has 5 nitrogen and oxygen atoms in total. The Labute approximate surface area is 119 Å². The fourth-order valence-corrected chi connectivity index (χ4v) is 1.85. The van der Waals surface area contributed by atoms with Gasteiger partial charge in [-0.25, -0.2) is 9.59 Å². The van der Waals surface area contributed by atoms with E-state index >= 15 is 0 Å². The maximum absolute atomic E-state index is 11.8. The number of carbonyl (C=O) groups excluding carboxylic acids is 1. The van der Waals surface area contributed by atoms with Gasteiger partial charge in [0.15, 0.2) is 0 Å². The van der Waals surface area contributed by atoms with Gasteiger partial charge in [0, 0.05) is 11.7 Å². The fraction of sp³-hybridized carbons (Fsp3) is 0.467. The molecule has 1 rings (SSSR count). The highest BCUT2D eigenvalue weighted by atomic mass is 16.4. The SMILES string of the molecule is CCCCC(C)NC(=O)Nc1cc(C(=O)O)ccc1C. The summed E-state index contributed by atoms with van der Waals surface area (Å²) in [5, 5.41) is 14.5. The summed E-state index contributed by atoms with van der Waals surface area (Å²) in [7, 11) is 0. The Bertz CT molecular complexity index is 486. The molecule has 1 unspecified atom stereocenters. The van der Waals surface area contributed by atoms with Crippen LogP contribution >= 0.6 is 0 Å². The molecule has 0 fully saturated rings. The quantitative estimate of drug-likeness (QED) is 0.746. The number of amides is 2. The van der Waals surface area contributed by atoms with Crippen molar-refractivity contribution in [2.75, 3.05) is 5.32 Å². The van der Waals surface area contributed by atoms with Gasteiger partial charge in [-0.3, -0.25) is 0 Å². The van der Waals surface area contributed by atoms with Crippen LogP contribution in [0.4, 0.5) is 10.5 Å². The smallest absolute Gasteiger partial charge is 0.335 e. The monoisotopic (exact) mass is 278 g/mol. The topological polar surface area (TPSA) is 78.4 Å². The minimum atomic E-state index is -1.01. The first kappa shape index (κ1) is 16.0. The molecule has 20 heavy (non-hydrogen) atoms. The van der Waals surface area contributed by atoms with Crippen LogP contribution in [0.3, 0.4) is 0 Å². The first-order valence-corrected chi connectivity index (χ1v) is 6.85. The molecule has 1 atom stereocenters. The van der Waals surface area contributed by atoms with E-state index < -0.39 is 5.97 Å². The molecule has 0 bridgehead atoms. The second kappa shape index (κ2) is 7.53. The van der Waals surface area contributed by atoms with Crippen molar-refractivity contribution in [3.63, 3.8) is 0 Å². The first-order chi connectivity index (χ1) is 9.43. The van der Waals surface area contributed by atoms with Gasteiger partial charge >= 0.3 is 12.0 Å². The van der Waals surface area contributed by atoms with Crippen molar-refractivity contribution in [2.45, 2.75) is 46.1 Å². The van der Waals surface area contributed by atoms with Crippen molar-refractivity contribution in [2.24, 2.45) is 0 Å². The van der Waals surface area contributed by atoms with Crippen LogP contribution in [0.5, 0.6) is 0 Å². The van der Waals surface area contributed by atoms with Crippen molar-refractivity contribution in [3.05, 3.63) is 29.3 Å². The van der Waals surface area contributed by atoms with Gasteiger partial charge in [0.25, 0.3) is 0 Å². The van der Waals surface area contributed by atoms with E-state index in [2.05, 4.69) is 17.6 Å². The van der Waals surface area contributed by atoms with Crippen LogP contribution in [-0.4, -0.2) is 23.1 Å². The van der Waals surface area contributed by atoms with E-state index in [0.29, 0.717) is 5.69 Å². The van der Waals surface area contributed by atoms with Crippen LogP contribution in [0.1, 0.15) is 49.0 Å². The summed E-state index contributed by atoms with van der Waals surface area (Å²) in [4.78, 5) is 22.8. The summed E-state index contributed by atoms with van der Waals surface area (Å²) < 4.78 is 0. The maximum Gasteiger partial charge on any atom is 0.335 e. The molecule has 0 aliphatic heterocycles. The van der Waals surface area contributed by atoms with Crippen molar-refractivity contribution in [1.29, 1.82) is 0 Å². The number of hydrogen-bond donors (Lipinski definition) is 3. The molecule has 0 saturated carbocycles. The Morgan fingerprint density at radius 2 is 2.05 bits per heavy atom. The Balaban J connectivity index is 2.65. The summed E-state index contributed by atoms with van der Waals surface area (Å²) in [6, 6.07) is 4.45. The molecule has 0 saturated heterocycles. The lowest BCUT2D eigenvalue weighted by molar-refractivity contribution is 0.0697. The lowest BCUT2D eigenvalue weighted by Gasteiger charge is -2.15. The first-order valence-electron chi connectivity index (χ1n) is 6.85. The molecule has 2 amide bonds. The summed E-state index contributed by atoms with van der Waals surface area (Å²) in [6.45, 7) is 5.88. The number of urea groups is 1. The number of benzene rings is 1. The molecule has 110 valence electrons. The number of carboxylic acids is 1. The van der Waals surface area contributed by atoms with E-state index in [9.17, 15) is 9.59 Å². The van der Waals surface area contributed by atoms with E-state index in [-0.39, 0.29) is 17.6 Å². The van der Waals surface area contributed by atoms with Gasteiger partial charge in [-0.15, -0.1) is 0 Å². The maximum atomic E-state index is 11.8. The Morgan fingerprint density at radius 3 is 2.65 bits per heavy atom. The van der Waals surface area contributed by atoms with Gasteiger partial charge in [0.05, 0.1) is 5.56 Å². The number of carboxylic acid groups (broad SMARTS) is 1. The third-order valence-corrected chi connectivity index (χ3v) is 3.10. The average Bonchev–Trinajstić information content (AvgIpc) is 2.38. The molecule has 0 heterocycles. The Kier molecular flexibility index (Phi) is 6.03. The molecule has 0 aromatic heterocycles. The number of rotatable bonds is 6. The van der Waals surface area contributed by atoms with Crippen LogP contribution in [-0.2, 0) is 0 Å². The Morgan fingerprint density at radius 1 is 1.35 bits per heavy atom. The summed E-state index contributed by atoms with van der Waals surface area (Å²) in [6.07, 6.45) is 3.08. The lowest BCUT2D eigenvalue weighted by Crippen LogP contribution is -2.36. The molecule has 0 aliphatic carbocycles. The van der Waals surface area contributed by atoms with Crippen molar-refractivity contribution in [3.8, 4) is 0 Å². The fourth-order valence-electron chi connectivity index (χ4n) is 1.85. The van der Waals surface area contributed by atoms with E-state index in [4.69, 9.17) is 5.11 Å². The summed E-state index contributed by atoms with van der Waals surface area (Å²) in [5.41, 5.74) is 1.50. The highest BCUT2D eigenvalue weighted by Crippen LogP contribution is 2.17. The van der Waals surface area contributed by atoms with Crippen LogP contribution in [0.15, 0.2) is 18.2 Å². The molecule has 5 heteroatoms. The van der Waals surface area contributed by atoms with Crippen molar-refractivity contribution in [1.82, 2.24) is 5.32 Å². The molecule has 0 radical (unpaired) electrons. The van der Waals surface area contributed by atoms with Gasteiger partial charge in [-0.05, 0) is 38.0 Å². The zero-order chi connectivity index (χ0) is 15.1. The lowest BCUT2D eigenvalue weighted by atomic mass is 10.1. The third kappa shape index (κ3) is 4.91. The number of aromatic carboxylic acids is 1. The normalized spacial score (nSPS) is 11.8. The minimum Gasteiger partial charge on any atom is -0.478 e. The zero-order valence-corrected chi connectivity index (χ0v) is 12.2. The highest BCUT2D eigenvalue weighted by molar-refractivity contribution is 5.94. The summed E-state index contributed by atoms with van der Waals surface area (Å²) >= 11 is 0.